The van der Waals surface area contributed by atoms with Crippen molar-refractivity contribution in [2.24, 2.45) is 0 Å². The zero-order valence-electron chi connectivity index (χ0n) is 19.4. The number of hydrogen-bond donors (Lipinski definition) is 0. The number of carbonyl (C=O) groups is 1. The predicted octanol–water partition coefficient (Wildman–Crippen LogP) is 4.92. The maximum atomic E-state index is 12.7. The van der Waals surface area contributed by atoms with E-state index in [-0.39, 0.29) is 18.1 Å². The molecule has 0 N–H and O–H groups in total. The summed E-state index contributed by atoms with van der Waals surface area (Å²) in [6.07, 6.45) is 3.28. The highest BCUT2D eigenvalue weighted by atomic mass is 16.6. The summed E-state index contributed by atoms with van der Waals surface area (Å²) in [7, 11) is 1.56. The third kappa shape index (κ3) is 6.24. The number of methoxy groups -OCH3 is 1. The second kappa shape index (κ2) is 11.3. The van der Waals surface area contributed by atoms with Gasteiger partial charge in [-0.05, 0) is 54.1 Å². The summed E-state index contributed by atoms with van der Waals surface area (Å²) < 4.78 is 16.6. The number of ether oxygens (including phenoxy) is 3. The van der Waals surface area contributed by atoms with Gasteiger partial charge in [0.1, 0.15) is 18.1 Å². The minimum atomic E-state index is -0.466. The van der Waals surface area contributed by atoms with E-state index in [1.54, 1.807) is 31.4 Å². The average Bonchev–Trinajstić information content (AvgIpc) is 2.91. The maximum absolute atomic E-state index is 12.7. The Balaban J connectivity index is 1.42. The summed E-state index contributed by atoms with van der Waals surface area (Å²) in [6.45, 7) is 3.27. The molecule has 1 heterocycles. The van der Waals surface area contributed by atoms with Gasteiger partial charge in [-0.25, -0.2) is 0 Å². The number of nitro benzene ring substituents is 1. The van der Waals surface area contributed by atoms with E-state index in [4.69, 9.17) is 14.2 Å². The van der Waals surface area contributed by atoms with Crippen LogP contribution in [-0.4, -0.2) is 44.1 Å². The van der Waals surface area contributed by atoms with Crippen molar-refractivity contribution >= 4 is 23.2 Å². The van der Waals surface area contributed by atoms with Crippen LogP contribution in [0.1, 0.15) is 21.5 Å². The molecule has 4 rings (SSSR count). The molecule has 0 bridgehead atoms. The van der Waals surface area contributed by atoms with Crippen LogP contribution in [0.3, 0.4) is 0 Å². The lowest BCUT2D eigenvalue weighted by atomic mass is 10.1. The van der Waals surface area contributed by atoms with Gasteiger partial charge in [0.15, 0.2) is 5.78 Å². The zero-order chi connectivity index (χ0) is 24.6. The van der Waals surface area contributed by atoms with Gasteiger partial charge in [0.2, 0.25) is 0 Å². The van der Waals surface area contributed by atoms with Gasteiger partial charge < -0.3 is 19.1 Å². The Hall–Kier alpha value is -4.17. The van der Waals surface area contributed by atoms with Gasteiger partial charge >= 0.3 is 0 Å². The fourth-order valence-electron chi connectivity index (χ4n) is 3.79. The van der Waals surface area contributed by atoms with E-state index in [1.807, 2.05) is 36.4 Å². The fourth-order valence-corrected chi connectivity index (χ4v) is 3.79. The van der Waals surface area contributed by atoms with Crippen molar-refractivity contribution in [1.29, 1.82) is 0 Å². The van der Waals surface area contributed by atoms with Gasteiger partial charge in [-0.1, -0.05) is 18.2 Å². The molecule has 1 aliphatic rings. The number of non-ortho nitro benzene ring substituents is 1. The van der Waals surface area contributed by atoms with E-state index in [0.717, 1.165) is 29.9 Å². The molecular formula is C27H26N2O6. The average molecular weight is 475 g/mol. The number of morpholine rings is 1. The van der Waals surface area contributed by atoms with Crippen molar-refractivity contribution < 1.29 is 23.9 Å². The van der Waals surface area contributed by atoms with Gasteiger partial charge in [0, 0.05) is 36.0 Å². The summed E-state index contributed by atoms with van der Waals surface area (Å²) in [5.74, 6) is 0.916. The third-order valence-corrected chi connectivity index (χ3v) is 5.68. The Kier molecular flexibility index (Phi) is 7.74. The van der Waals surface area contributed by atoms with Crippen molar-refractivity contribution in [3.8, 4) is 11.5 Å². The first-order valence-electron chi connectivity index (χ1n) is 11.2. The van der Waals surface area contributed by atoms with Crippen molar-refractivity contribution in [3.63, 3.8) is 0 Å². The molecular weight excluding hydrogens is 448 g/mol. The lowest BCUT2D eigenvalue weighted by Gasteiger charge is -2.28. The molecule has 35 heavy (non-hydrogen) atoms. The Morgan fingerprint density at radius 1 is 1.09 bits per heavy atom. The number of benzene rings is 3. The molecule has 3 aromatic carbocycles. The van der Waals surface area contributed by atoms with E-state index in [0.29, 0.717) is 30.3 Å². The second-order valence-corrected chi connectivity index (χ2v) is 7.96. The van der Waals surface area contributed by atoms with Crippen LogP contribution in [0.5, 0.6) is 11.5 Å². The number of anilines is 1. The minimum absolute atomic E-state index is 0.0392. The first-order chi connectivity index (χ1) is 17.0. The Labute approximate surface area is 203 Å². The fraction of sp³-hybridized carbons (Fsp3) is 0.222. The van der Waals surface area contributed by atoms with Crippen molar-refractivity contribution in [1.82, 2.24) is 0 Å². The number of ketones is 1. The van der Waals surface area contributed by atoms with E-state index in [9.17, 15) is 14.9 Å². The summed E-state index contributed by atoms with van der Waals surface area (Å²) >= 11 is 0. The van der Waals surface area contributed by atoms with Crippen LogP contribution in [0.25, 0.3) is 6.08 Å². The van der Waals surface area contributed by atoms with E-state index in [1.165, 1.54) is 18.2 Å². The summed E-state index contributed by atoms with van der Waals surface area (Å²) in [4.78, 5) is 25.4. The van der Waals surface area contributed by atoms with E-state index >= 15 is 0 Å². The molecule has 0 aliphatic carbocycles. The van der Waals surface area contributed by atoms with Crippen molar-refractivity contribution in [2.75, 3.05) is 38.3 Å². The van der Waals surface area contributed by atoms with Gasteiger partial charge in [-0.3, -0.25) is 14.9 Å². The molecule has 0 radical (unpaired) electrons. The maximum Gasteiger partial charge on any atom is 0.273 e. The number of rotatable bonds is 9. The largest absolute Gasteiger partial charge is 0.496 e. The van der Waals surface area contributed by atoms with Gasteiger partial charge in [0.25, 0.3) is 5.69 Å². The molecule has 3 aromatic rings. The van der Waals surface area contributed by atoms with Crippen LogP contribution < -0.4 is 14.4 Å². The summed E-state index contributed by atoms with van der Waals surface area (Å²) in [5.41, 5.74) is 3.21. The molecule has 8 heteroatoms. The number of nitro groups is 1. The van der Waals surface area contributed by atoms with Crippen molar-refractivity contribution in [3.05, 3.63) is 99.6 Å². The molecule has 0 unspecified atom stereocenters. The lowest BCUT2D eigenvalue weighted by Crippen LogP contribution is -2.36. The molecule has 1 fully saturated rings. The minimum Gasteiger partial charge on any atom is -0.496 e. The van der Waals surface area contributed by atoms with Crippen LogP contribution in [-0.2, 0) is 11.3 Å². The monoisotopic (exact) mass is 474 g/mol. The highest BCUT2D eigenvalue weighted by Gasteiger charge is 2.12. The molecule has 1 saturated heterocycles. The number of hydrogen-bond acceptors (Lipinski definition) is 7. The molecule has 0 aromatic heterocycles. The zero-order valence-corrected chi connectivity index (χ0v) is 19.4. The second-order valence-electron chi connectivity index (χ2n) is 7.96. The smallest absolute Gasteiger partial charge is 0.273 e. The first kappa shape index (κ1) is 24.0. The summed E-state index contributed by atoms with van der Waals surface area (Å²) in [6, 6.07) is 19.1. The highest BCUT2D eigenvalue weighted by Crippen LogP contribution is 2.25. The van der Waals surface area contributed by atoms with Gasteiger partial charge in [0.05, 0.1) is 31.3 Å². The van der Waals surface area contributed by atoms with Crippen LogP contribution in [0.4, 0.5) is 11.4 Å². The molecule has 0 amide bonds. The Morgan fingerprint density at radius 3 is 2.57 bits per heavy atom. The van der Waals surface area contributed by atoms with Crippen LogP contribution >= 0.6 is 0 Å². The van der Waals surface area contributed by atoms with Crippen LogP contribution in [0.2, 0.25) is 0 Å². The van der Waals surface area contributed by atoms with Crippen molar-refractivity contribution in [2.45, 2.75) is 6.61 Å². The molecule has 8 nitrogen and oxygen atoms in total. The Morgan fingerprint density at radius 2 is 1.86 bits per heavy atom. The van der Waals surface area contributed by atoms with Gasteiger partial charge in [-0.15, -0.1) is 0 Å². The molecule has 180 valence electrons. The van der Waals surface area contributed by atoms with Gasteiger partial charge in [-0.2, -0.15) is 0 Å². The van der Waals surface area contributed by atoms with E-state index in [2.05, 4.69) is 4.90 Å². The normalized spacial score (nSPS) is 13.6. The predicted molar refractivity (Wildman–Crippen MR) is 133 cm³/mol. The first-order valence-corrected chi connectivity index (χ1v) is 11.2. The topological polar surface area (TPSA) is 91.1 Å². The summed E-state index contributed by atoms with van der Waals surface area (Å²) in [5, 5.41) is 11.0. The molecule has 0 spiro atoms. The highest BCUT2D eigenvalue weighted by molar-refractivity contribution is 6.07. The standard InChI is InChI=1S/C27H26N2O6/c1-33-27-12-6-20(17-22(27)19-35-25-4-2-3-24(18-25)29(31)32)5-11-26(30)21-7-9-23(10-8-21)28-13-15-34-16-14-28/h2-12,17-18H,13-16,19H2,1H3/b11-5+. The van der Waals surface area contributed by atoms with Crippen LogP contribution in [0, 0.1) is 10.1 Å². The van der Waals surface area contributed by atoms with Crippen LogP contribution in [0.15, 0.2) is 72.8 Å². The molecule has 1 aliphatic heterocycles. The Bertz CT molecular complexity index is 1220. The number of allylic oxidation sites excluding steroid dienone is 1. The van der Waals surface area contributed by atoms with E-state index < -0.39 is 4.92 Å². The molecule has 0 saturated carbocycles. The molecule has 0 atom stereocenters. The number of nitrogens with zero attached hydrogens (tertiary/aromatic N) is 2. The quantitative estimate of drug-likeness (QED) is 0.188. The third-order valence-electron chi connectivity index (χ3n) is 5.68. The number of carbonyl (C=O) groups excluding carboxylic acids is 1. The SMILES string of the molecule is COc1ccc(/C=C/C(=O)c2ccc(N3CCOCC3)cc2)cc1COc1cccc([N+](=O)[O-])c1. The lowest BCUT2D eigenvalue weighted by molar-refractivity contribution is -0.384.